The molecule has 0 saturated heterocycles. The van der Waals surface area contributed by atoms with Gasteiger partial charge in [-0.1, -0.05) is 135 Å². The van der Waals surface area contributed by atoms with Crippen LogP contribution in [0.4, 0.5) is 34.1 Å². The van der Waals surface area contributed by atoms with E-state index in [0.717, 1.165) is 0 Å². The number of nitrogens with zero attached hydrogens (tertiary/aromatic N) is 2. The summed E-state index contributed by atoms with van der Waals surface area (Å²) in [6.07, 6.45) is 0. The van der Waals surface area contributed by atoms with Crippen LogP contribution >= 0.6 is 23.5 Å². The van der Waals surface area contributed by atoms with Gasteiger partial charge in [-0.3, -0.25) is 0 Å². The molecule has 0 radical (unpaired) electrons. The maximum absolute atomic E-state index is 2.58. The van der Waals surface area contributed by atoms with E-state index in [0.29, 0.717) is 0 Å². The van der Waals surface area contributed by atoms with Crippen LogP contribution in [0, 0.1) is 0 Å². The fourth-order valence-corrected chi connectivity index (χ4v) is 18.4. The molecule has 0 bridgehead atoms. The van der Waals surface area contributed by atoms with Crippen molar-refractivity contribution in [3.63, 3.8) is 0 Å². The molecule has 12 rings (SSSR count). The van der Waals surface area contributed by atoms with Gasteiger partial charge in [0.2, 0.25) is 0 Å². The Bertz CT molecular complexity index is 2730. The topological polar surface area (TPSA) is 6.48 Å². The second-order valence-electron chi connectivity index (χ2n) is 16.5. The molecule has 0 aliphatic carbocycles. The predicted molar refractivity (Wildman–Crippen MR) is 246 cm³/mol. The van der Waals surface area contributed by atoms with Crippen LogP contribution in [-0.4, -0.2) is 16.1 Å². The van der Waals surface area contributed by atoms with Crippen molar-refractivity contribution in [2.24, 2.45) is 0 Å². The summed E-state index contributed by atoms with van der Waals surface area (Å²) in [5.74, 6) is 0. The molecule has 6 heteroatoms. The summed E-state index contributed by atoms with van der Waals surface area (Å²) in [6, 6.07) is 60.1. The Morgan fingerprint density at radius 2 is 0.661 bits per heavy atom. The Morgan fingerprint density at radius 1 is 0.339 bits per heavy atom. The van der Waals surface area contributed by atoms with Crippen LogP contribution in [-0.2, 0) is 0 Å². The maximum atomic E-state index is 2.58. The smallest absolute Gasteiger partial charge is 0.113 e. The standard InChI is InChI=1S/C50H38N2S2Si2/c1-55(2)45-27-28-46-50-36(34-24-22-32(30-48(34)56(46,3)4)52-39-15-7-11-19-43(39)54-44-20-12-8-16-40(44)52)26-25-35(49(45)50)33-23-21-31(29-47(33)55)51-37-13-5-9-17-41(37)53-42-18-10-6-14-38(42)51/h5-30H,1-4H3. The lowest BCUT2D eigenvalue weighted by Crippen LogP contribution is -2.59. The summed E-state index contributed by atoms with van der Waals surface area (Å²) in [4.78, 5) is 10.2. The average molecular weight is 787 g/mol. The number of hydrogen-bond acceptors (Lipinski definition) is 4. The van der Waals surface area contributed by atoms with Gasteiger partial charge in [0.1, 0.15) is 16.1 Å². The first-order chi connectivity index (χ1) is 27.3. The van der Waals surface area contributed by atoms with Crippen molar-refractivity contribution >= 4 is 105 Å². The highest BCUT2D eigenvalue weighted by molar-refractivity contribution is 8.00. The highest BCUT2D eigenvalue weighted by Gasteiger charge is 2.42. The first kappa shape index (κ1) is 32.9. The van der Waals surface area contributed by atoms with Crippen LogP contribution < -0.4 is 30.5 Å². The largest absolute Gasteiger partial charge is 0.308 e. The number of benzene rings is 8. The average Bonchev–Trinajstić information content (AvgIpc) is 3.23. The van der Waals surface area contributed by atoms with Gasteiger partial charge in [0.25, 0.3) is 0 Å². The van der Waals surface area contributed by atoms with Crippen molar-refractivity contribution in [1.82, 2.24) is 0 Å². The van der Waals surface area contributed by atoms with E-state index in [1.807, 2.05) is 23.5 Å². The van der Waals surface area contributed by atoms with Gasteiger partial charge in [0.05, 0.1) is 22.7 Å². The normalized spacial score (nSPS) is 15.9. The van der Waals surface area contributed by atoms with Gasteiger partial charge in [-0.15, -0.1) is 0 Å². The number of rotatable bonds is 2. The molecule has 8 aromatic rings. The lowest BCUT2D eigenvalue weighted by Gasteiger charge is -2.40. The maximum Gasteiger partial charge on any atom is 0.113 e. The van der Waals surface area contributed by atoms with E-state index in [1.165, 1.54) is 97.1 Å². The fraction of sp³-hybridized carbons (Fsp3) is 0.0800. The van der Waals surface area contributed by atoms with E-state index < -0.39 is 16.1 Å². The Balaban J connectivity index is 1.03. The van der Waals surface area contributed by atoms with Crippen LogP contribution in [0.1, 0.15) is 0 Å². The van der Waals surface area contributed by atoms with Crippen molar-refractivity contribution in [3.8, 4) is 22.3 Å². The van der Waals surface area contributed by atoms with Crippen LogP contribution in [0.2, 0.25) is 26.2 Å². The molecule has 0 amide bonds. The van der Waals surface area contributed by atoms with Crippen LogP contribution in [0.25, 0.3) is 33.0 Å². The van der Waals surface area contributed by atoms with E-state index in [1.54, 1.807) is 10.4 Å². The SMILES string of the molecule is C[Si]1(C)c2cc(N3c4ccccc4Sc4ccccc43)ccc2-c2ccc3c4c(ccc1c24)[Si](C)(C)c1cc(N2c4ccccc4Sc4ccccc42)ccc1-3. The molecule has 0 aromatic heterocycles. The molecule has 0 saturated carbocycles. The highest BCUT2D eigenvalue weighted by Crippen LogP contribution is 2.53. The second kappa shape index (κ2) is 11.6. The summed E-state index contributed by atoms with van der Waals surface area (Å²) in [5, 5.41) is 9.20. The second-order valence-corrected chi connectivity index (χ2v) is 27.3. The predicted octanol–water partition coefficient (Wildman–Crippen LogP) is 12.3. The minimum Gasteiger partial charge on any atom is -0.308 e. The zero-order chi connectivity index (χ0) is 37.5. The third kappa shape index (κ3) is 4.41. The number of hydrogen-bond donors (Lipinski definition) is 0. The Morgan fingerprint density at radius 3 is 1.02 bits per heavy atom. The molecule has 0 spiro atoms. The van der Waals surface area contributed by atoms with E-state index in [9.17, 15) is 0 Å². The van der Waals surface area contributed by atoms with Crippen LogP contribution in [0.15, 0.2) is 177 Å². The van der Waals surface area contributed by atoms with Gasteiger partial charge in [-0.2, -0.15) is 0 Å². The number of fused-ring (bicyclic) bond motifs is 8. The first-order valence-corrected chi connectivity index (χ1v) is 27.1. The Hall–Kier alpha value is -5.25. The summed E-state index contributed by atoms with van der Waals surface area (Å²) in [7, 11) is -4.27. The van der Waals surface area contributed by atoms with Gasteiger partial charge in [-0.25, -0.2) is 0 Å². The lowest BCUT2D eigenvalue weighted by molar-refractivity contribution is 1.17. The molecule has 268 valence electrons. The Labute approximate surface area is 338 Å². The minimum atomic E-state index is -2.14. The highest BCUT2D eigenvalue weighted by atomic mass is 32.2. The van der Waals surface area contributed by atoms with Crippen molar-refractivity contribution < 1.29 is 0 Å². The lowest BCUT2D eigenvalue weighted by atomic mass is 9.90. The Kier molecular flexibility index (Phi) is 6.85. The molecule has 56 heavy (non-hydrogen) atoms. The summed E-state index contributed by atoms with van der Waals surface area (Å²) < 4.78 is 0. The molecular formula is C50H38N2S2Si2. The molecule has 4 aliphatic heterocycles. The summed E-state index contributed by atoms with van der Waals surface area (Å²) in [5.41, 5.74) is 13.1. The zero-order valence-corrected chi connectivity index (χ0v) is 35.4. The van der Waals surface area contributed by atoms with Crippen molar-refractivity contribution in [2.45, 2.75) is 45.8 Å². The van der Waals surface area contributed by atoms with Gasteiger partial charge in [0.15, 0.2) is 0 Å². The number of para-hydroxylation sites is 4. The summed E-state index contributed by atoms with van der Waals surface area (Å²) in [6.45, 7) is 10.3. The zero-order valence-electron chi connectivity index (χ0n) is 31.7. The minimum absolute atomic E-state index is 1.24. The first-order valence-electron chi connectivity index (χ1n) is 19.5. The third-order valence-electron chi connectivity index (χ3n) is 12.8. The van der Waals surface area contributed by atoms with Crippen LogP contribution in [0.5, 0.6) is 0 Å². The van der Waals surface area contributed by atoms with Crippen molar-refractivity contribution in [1.29, 1.82) is 0 Å². The third-order valence-corrected chi connectivity index (χ3v) is 22.1. The molecule has 0 atom stereocenters. The van der Waals surface area contributed by atoms with Gasteiger partial charge >= 0.3 is 0 Å². The monoisotopic (exact) mass is 786 g/mol. The van der Waals surface area contributed by atoms with Gasteiger partial charge in [-0.05, 0) is 127 Å². The fourth-order valence-electron chi connectivity index (χ4n) is 10.1. The molecule has 4 aliphatic rings. The summed E-state index contributed by atoms with van der Waals surface area (Å²) >= 11 is 3.74. The molecular weight excluding hydrogens is 749 g/mol. The molecule has 8 aromatic carbocycles. The van der Waals surface area contributed by atoms with Gasteiger partial charge in [0, 0.05) is 31.0 Å². The molecule has 0 fully saturated rings. The van der Waals surface area contributed by atoms with E-state index in [4.69, 9.17) is 0 Å². The molecule has 0 unspecified atom stereocenters. The van der Waals surface area contributed by atoms with E-state index in [2.05, 4.69) is 194 Å². The van der Waals surface area contributed by atoms with E-state index >= 15 is 0 Å². The van der Waals surface area contributed by atoms with Gasteiger partial charge < -0.3 is 9.80 Å². The van der Waals surface area contributed by atoms with Crippen molar-refractivity contribution in [2.75, 3.05) is 9.80 Å². The molecule has 4 heterocycles. The van der Waals surface area contributed by atoms with Crippen molar-refractivity contribution in [3.05, 3.63) is 158 Å². The quantitative estimate of drug-likeness (QED) is 0.161. The number of anilines is 6. The van der Waals surface area contributed by atoms with Crippen LogP contribution in [0.3, 0.4) is 0 Å². The molecule has 0 N–H and O–H groups in total. The molecule has 2 nitrogen and oxygen atoms in total. The van der Waals surface area contributed by atoms with E-state index in [-0.39, 0.29) is 0 Å².